The normalized spacial score (nSPS) is 12.9. The highest BCUT2D eigenvalue weighted by atomic mass is 35.5. The third-order valence-electron chi connectivity index (χ3n) is 2.62. The Labute approximate surface area is 97.6 Å². The lowest BCUT2D eigenvalue weighted by atomic mass is 9.93. The zero-order valence-electron chi connectivity index (χ0n) is 9.24. The molecule has 0 atom stereocenters. The number of halogens is 4. The molecule has 0 radical (unpaired) electrons. The Balaban J connectivity index is 3.29. The second-order valence-electron chi connectivity index (χ2n) is 4.07. The van der Waals surface area contributed by atoms with Crippen molar-refractivity contribution >= 4 is 11.6 Å². The van der Waals surface area contributed by atoms with Crippen molar-refractivity contribution in [2.75, 3.05) is 7.05 Å². The molecular weight excluding hydrogens is 239 g/mol. The van der Waals surface area contributed by atoms with E-state index in [0.29, 0.717) is 5.56 Å². The van der Waals surface area contributed by atoms with Gasteiger partial charge in [0.2, 0.25) is 0 Å². The second-order valence-corrected chi connectivity index (χ2v) is 4.47. The molecule has 1 aromatic carbocycles. The van der Waals surface area contributed by atoms with E-state index in [4.69, 9.17) is 11.6 Å². The van der Waals surface area contributed by atoms with Crippen molar-refractivity contribution in [2.45, 2.75) is 25.6 Å². The quantitative estimate of drug-likeness (QED) is 0.843. The molecule has 16 heavy (non-hydrogen) atoms. The summed E-state index contributed by atoms with van der Waals surface area (Å²) in [5.41, 5.74) is -0.772. The Morgan fingerprint density at radius 2 is 1.75 bits per heavy atom. The van der Waals surface area contributed by atoms with Crippen LogP contribution < -0.4 is 5.32 Å². The summed E-state index contributed by atoms with van der Waals surface area (Å²) < 4.78 is 37.8. The summed E-state index contributed by atoms with van der Waals surface area (Å²) in [6.07, 6.45) is -4.42. The van der Waals surface area contributed by atoms with E-state index in [1.165, 1.54) is 6.07 Å². The van der Waals surface area contributed by atoms with E-state index < -0.39 is 17.3 Å². The Morgan fingerprint density at radius 3 is 2.19 bits per heavy atom. The number of benzene rings is 1. The van der Waals surface area contributed by atoms with Crippen LogP contribution in [-0.4, -0.2) is 7.05 Å². The van der Waals surface area contributed by atoms with Crippen LogP contribution in [0.4, 0.5) is 13.2 Å². The van der Waals surface area contributed by atoms with Crippen LogP contribution in [0.25, 0.3) is 0 Å². The van der Waals surface area contributed by atoms with E-state index in [0.717, 1.165) is 6.07 Å². The molecule has 0 unspecified atom stereocenters. The van der Waals surface area contributed by atoms with Crippen molar-refractivity contribution < 1.29 is 13.2 Å². The molecule has 1 aromatic rings. The molecule has 0 saturated heterocycles. The maximum absolute atomic E-state index is 12.6. The van der Waals surface area contributed by atoms with Crippen LogP contribution >= 0.6 is 11.6 Å². The van der Waals surface area contributed by atoms with Crippen LogP contribution in [0.5, 0.6) is 0 Å². The van der Waals surface area contributed by atoms with Gasteiger partial charge in [0.1, 0.15) is 0 Å². The van der Waals surface area contributed by atoms with Gasteiger partial charge in [-0.25, -0.2) is 0 Å². The highest BCUT2D eigenvalue weighted by Crippen LogP contribution is 2.36. The first kappa shape index (κ1) is 13.3. The fraction of sp³-hybridized carbons (Fsp3) is 0.455. The van der Waals surface area contributed by atoms with Gasteiger partial charge in [-0.3, -0.25) is 0 Å². The first-order chi connectivity index (χ1) is 7.18. The Kier molecular flexibility index (Phi) is 3.55. The van der Waals surface area contributed by atoms with Gasteiger partial charge in [0.25, 0.3) is 0 Å². The first-order valence-corrected chi connectivity index (χ1v) is 5.12. The first-order valence-electron chi connectivity index (χ1n) is 4.74. The molecule has 0 aliphatic heterocycles. The van der Waals surface area contributed by atoms with Crippen molar-refractivity contribution in [3.63, 3.8) is 0 Å². The maximum Gasteiger partial charge on any atom is 0.417 e. The third kappa shape index (κ3) is 2.68. The number of alkyl halides is 3. The van der Waals surface area contributed by atoms with E-state index in [2.05, 4.69) is 5.32 Å². The van der Waals surface area contributed by atoms with Gasteiger partial charge in [-0.2, -0.15) is 13.2 Å². The molecule has 0 aromatic heterocycles. The lowest BCUT2D eigenvalue weighted by Crippen LogP contribution is -2.33. The summed E-state index contributed by atoms with van der Waals surface area (Å²) in [7, 11) is 1.70. The molecule has 5 heteroatoms. The van der Waals surface area contributed by atoms with Crippen LogP contribution in [0.15, 0.2) is 18.2 Å². The van der Waals surface area contributed by atoms with Gasteiger partial charge in [0.15, 0.2) is 0 Å². The van der Waals surface area contributed by atoms with Crippen LogP contribution in [0, 0.1) is 0 Å². The van der Waals surface area contributed by atoms with Gasteiger partial charge < -0.3 is 5.32 Å². The summed E-state index contributed by atoms with van der Waals surface area (Å²) in [6, 6.07) is 3.95. The number of hydrogen-bond donors (Lipinski definition) is 1. The van der Waals surface area contributed by atoms with Gasteiger partial charge in [0, 0.05) is 5.54 Å². The van der Waals surface area contributed by atoms with Crippen molar-refractivity contribution in [1.82, 2.24) is 5.32 Å². The fourth-order valence-corrected chi connectivity index (χ4v) is 1.50. The summed E-state index contributed by atoms with van der Waals surface area (Å²) in [5.74, 6) is 0. The number of hydrogen-bond acceptors (Lipinski definition) is 1. The molecule has 0 bridgehead atoms. The predicted molar refractivity (Wildman–Crippen MR) is 58.5 cm³/mol. The molecule has 0 spiro atoms. The number of rotatable bonds is 2. The molecule has 0 amide bonds. The zero-order valence-corrected chi connectivity index (χ0v) is 10.00. The van der Waals surface area contributed by atoms with Crippen LogP contribution in [0.3, 0.4) is 0 Å². The van der Waals surface area contributed by atoms with E-state index in [-0.39, 0.29) is 5.02 Å². The molecule has 1 N–H and O–H groups in total. The highest BCUT2D eigenvalue weighted by molar-refractivity contribution is 6.31. The SMILES string of the molecule is CNC(C)(C)c1ccc(Cl)c(C(F)(F)F)c1. The molecule has 0 aliphatic carbocycles. The average molecular weight is 252 g/mol. The monoisotopic (exact) mass is 251 g/mol. The average Bonchev–Trinajstić information content (AvgIpc) is 2.16. The fourth-order valence-electron chi connectivity index (χ4n) is 1.28. The molecular formula is C11H13ClF3N. The second kappa shape index (κ2) is 4.26. The largest absolute Gasteiger partial charge is 0.417 e. The van der Waals surface area contributed by atoms with E-state index in [1.54, 1.807) is 27.0 Å². The van der Waals surface area contributed by atoms with E-state index in [1.807, 2.05) is 0 Å². The zero-order chi connectivity index (χ0) is 12.6. The summed E-state index contributed by atoms with van der Waals surface area (Å²) in [5, 5.41) is 2.67. The Morgan fingerprint density at radius 1 is 1.19 bits per heavy atom. The lowest BCUT2D eigenvalue weighted by Gasteiger charge is -2.25. The molecule has 0 fully saturated rings. The standard InChI is InChI=1S/C11H13ClF3N/c1-10(2,16-3)7-4-5-9(12)8(6-7)11(13,14)15/h4-6,16H,1-3H3. The predicted octanol–water partition coefficient (Wildman–Crippen LogP) is 3.81. The Hall–Kier alpha value is -0.740. The van der Waals surface area contributed by atoms with Crippen LogP contribution in [0.1, 0.15) is 25.0 Å². The smallest absolute Gasteiger partial charge is 0.311 e. The highest BCUT2D eigenvalue weighted by Gasteiger charge is 2.34. The van der Waals surface area contributed by atoms with Crippen molar-refractivity contribution in [2.24, 2.45) is 0 Å². The molecule has 1 rings (SSSR count). The van der Waals surface area contributed by atoms with Gasteiger partial charge in [0.05, 0.1) is 10.6 Å². The molecule has 90 valence electrons. The van der Waals surface area contributed by atoms with Crippen molar-refractivity contribution in [3.8, 4) is 0 Å². The summed E-state index contributed by atoms with van der Waals surface area (Å²) >= 11 is 5.53. The summed E-state index contributed by atoms with van der Waals surface area (Å²) in [4.78, 5) is 0. The van der Waals surface area contributed by atoms with Gasteiger partial charge in [-0.1, -0.05) is 17.7 Å². The van der Waals surface area contributed by atoms with Crippen LogP contribution in [-0.2, 0) is 11.7 Å². The van der Waals surface area contributed by atoms with Gasteiger partial charge >= 0.3 is 6.18 Å². The third-order valence-corrected chi connectivity index (χ3v) is 2.95. The van der Waals surface area contributed by atoms with Gasteiger partial charge in [-0.05, 0) is 38.6 Å². The van der Waals surface area contributed by atoms with Gasteiger partial charge in [-0.15, -0.1) is 0 Å². The maximum atomic E-state index is 12.6. The van der Waals surface area contributed by atoms with Crippen molar-refractivity contribution in [3.05, 3.63) is 34.3 Å². The molecule has 0 saturated carbocycles. The minimum Gasteiger partial charge on any atom is -0.311 e. The Bertz CT molecular complexity index is 385. The van der Waals surface area contributed by atoms with Crippen molar-refractivity contribution in [1.29, 1.82) is 0 Å². The molecule has 0 heterocycles. The van der Waals surface area contributed by atoms with Crippen LogP contribution in [0.2, 0.25) is 5.02 Å². The molecule has 1 nitrogen and oxygen atoms in total. The topological polar surface area (TPSA) is 12.0 Å². The van der Waals surface area contributed by atoms with E-state index >= 15 is 0 Å². The minimum atomic E-state index is -4.42. The minimum absolute atomic E-state index is 0.275. The lowest BCUT2D eigenvalue weighted by molar-refractivity contribution is -0.137. The number of nitrogens with one attached hydrogen (secondary N) is 1. The van der Waals surface area contributed by atoms with E-state index in [9.17, 15) is 13.2 Å². The molecule has 0 aliphatic rings. The summed E-state index contributed by atoms with van der Waals surface area (Å²) in [6.45, 7) is 3.60.